The van der Waals surface area contributed by atoms with Crippen molar-refractivity contribution in [2.24, 2.45) is 5.92 Å². The van der Waals surface area contributed by atoms with Crippen molar-refractivity contribution >= 4 is 40.9 Å². The number of halogens is 1. The molecule has 0 bridgehead atoms. The average Bonchev–Trinajstić information content (AvgIpc) is 3.40. The van der Waals surface area contributed by atoms with Gasteiger partial charge < -0.3 is 30.7 Å². The van der Waals surface area contributed by atoms with Crippen LogP contribution in [0.3, 0.4) is 0 Å². The number of likely N-dealkylation sites (tertiary alicyclic amines) is 1. The van der Waals surface area contributed by atoms with E-state index in [1.807, 2.05) is 49.4 Å². The van der Waals surface area contributed by atoms with E-state index >= 15 is 0 Å². The number of nitrogens with one attached hydrogen (secondary N) is 3. The Labute approximate surface area is 250 Å². The smallest absolute Gasteiger partial charge is 0.254 e. The second kappa shape index (κ2) is 16.1. The summed E-state index contributed by atoms with van der Waals surface area (Å²) in [5.41, 5.74) is -0.144. The number of carbonyl (C=O) groups is 3. The molecule has 3 amide bonds. The number of aliphatic hydroxyl groups is 1. The highest BCUT2D eigenvalue weighted by atomic mass is 35.5. The number of hydrogen-bond acceptors (Lipinski definition) is 6. The summed E-state index contributed by atoms with van der Waals surface area (Å²) in [5.74, 6) is -0.530. The van der Waals surface area contributed by atoms with Gasteiger partial charge in [0.2, 0.25) is 11.8 Å². The molecule has 1 aliphatic heterocycles. The van der Waals surface area contributed by atoms with E-state index in [1.165, 1.54) is 0 Å². The molecule has 1 unspecified atom stereocenters. The van der Waals surface area contributed by atoms with Crippen molar-refractivity contribution in [1.29, 1.82) is 0 Å². The molecule has 10 heteroatoms. The van der Waals surface area contributed by atoms with Crippen LogP contribution in [-0.4, -0.2) is 84.3 Å². The molecule has 3 atom stereocenters. The SMILES string of the molecule is CCOC(C)(C)C(=O)N1CCC[C@H]1C(=O)N[C@H](Cc1ccc2ccccc2c1)C(=O)NCC(O)CNCC(C)C.Cl. The molecule has 0 aromatic heterocycles. The van der Waals surface area contributed by atoms with Gasteiger partial charge in [-0.3, -0.25) is 14.4 Å². The number of amides is 3. The molecule has 2 aromatic carbocycles. The lowest BCUT2D eigenvalue weighted by molar-refractivity contribution is -0.157. The lowest BCUT2D eigenvalue weighted by Gasteiger charge is -2.33. The first-order valence-corrected chi connectivity index (χ1v) is 14.4. The van der Waals surface area contributed by atoms with E-state index in [-0.39, 0.29) is 43.1 Å². The van der Waals surface area contributed by atoms with Crippen molar-refractivity contribution in [2.45, 2.75) is 77.7 Å². The summed E-state index contributed by atoms with van der Waals surface area (Å²) in [6.45, 7) is 11.4. The van der Waals surface area contributed by atoms with E-state index < -0.39 is 23.8 Å². The minimum atomic E-state index is -1.04. The monoisotopic (exact) mass is 590 g/mol. The third-order valence-corrected chi connectivity index (χ3v) is 7.17. The number of carbonyl (C=O) groups excluding carboxylic acids is 3. The Morgan fingerprint density at radius 1 is 1.07 bits per heavy atom. The molecule has 0 spiro atoms. The fraction of sp³-hybridized carbons (Fsp3) is 0.581. The summed E-state index contributed by atoms with van der Waals surface area (Å²) in [6, 6.07) is 12.4. The fourth-order valence-corrected chi connectivity index (χ4v) is 5.08. The van der Waals surface area contributed by atoms with Gasteiger partial charge in [-0.25, -0.2) is 0 Å². The van der Waals surface area contributed by atoms with E-state index in [0.717, 1.165) is 22.9 Å². The molecule has 3 rings (SSSR count). The van der Waals surface area contributed by atoms with E-state index in [0.29, 0.717) is 38.5 Å². The van der Waals surface area contributed by atoms with E-state index in [9.17, 15) is 19.5 Å². The van der Waals surface area contributed by atoms with Gasteiger partial charge in [0.05, 0.1) is 6.10 Å². The second-order valence-corrected chi connectivity index (χ2v) is 11.5. The Bertz CT molecular complexity index is 1160. The molecule has 1 fully saturated rings. The van der Waals surface area contributed by atoms with Gasteiger partial charge in [0.15, 0.2) is 0 Å². The van der Waals surface area contributed by atoms with Crippen LogP contribution in [0.5, 0.6) is 0 Å². The van der Waals surface area contributed by atoms with Crippen molar-refractivity contribution in [2.75, 3.05) is 32.8 Å². The van der Waals surface area contributed by atoms with E-state index in [4.69, 9.17) is 4.74 Å². The predicted molar refractivity (Wildman–Crippen MR) is 164 cm³/mol. The molecule has 0 radical (unpaired) electrons. The quantitative estimate of drug-likeness (QED) is 0.269. The first kappa shape index (κ1) is 34.5. The maximum Gasteiger partial charge on any atom is 0.254 e. The summed E-state index contributed by atoms with van der Waals surface area (Å²) in [6.07, 6.45) is 0.728. The van der Waals surface area contributed by atoms with Gasteiger partial charge in [-0.2, -0.15) is 0 Å². The van der Waals surface area contributed by atoms with Crippen molar-refractivity contribution in [3.63, 3.8) is 0 Å². The Morgan fingerprint density at radius 3 is 2.46 bits per heavy atom. The highest BCUT2D eigenvalue weighted by molar-refractivity contribution is 5.94. The Kier molecular flexibility index (Phi) is 13.5. The lowest BCUT2D eigenvalue weighted by atomic mass is 10.0. The number of hydrogen-bond donors (Lipinski definition) is 4. The van der Waals surface area contributed by atoms with Crippen molar-refractivity contribution in [1.82, 2.24) is 20.9 Å². The Morgan fingerprint density at radius 2 is 1.78 bits per heavy atom. The maximum atomic E-state index is 13.5. The highest BCUT2D eigenvalue weighted by Gasteiger charge is 2.41. The van der Waals surface area contributed by atoms with Crippen LogP contribution in [0.25, 0.3) is 10.8 Å². The van der Waals surface area contributed by atoms with Crippen molar-refractivity contribution in [3.05, 3.63) is 48.0 Å². The second-order valence-electron chi connectivity index (χ2n) is 11.5. The minimum Gasteiger partial charge on any atom is -0.390 e. The first-order valence-electron chi connectivity index (χ1n) is 14.4. The van der Waals surface area contributed by atoms with Crippen LogP contribution in [0.15, 0.2) is 42.5 Å². The zero-order valence-corrected chi connectivity index (χ0v) is 25.8. The molecule has 0 saturated carbocycles. The number of benzene rings is 2. The number of aliphatic hydroxyl groups excluding tert-OH is 1. The summed E-state index contributed by atoms with van der Waals surface area (Å²) in [5, 5.41) is 21.4. The van der Waals surface area contributed by atoms with Crippen molar-refractivity contribution in [3.8, 4) is 0 Å². The Balaban J connectivity index is 0.00000588. The van der Waals surface area contributed by atoms with Gasteiger partial charge in [0, 0.05) is 32.7 Å². The first-order chi connectivity index (χ1) is 19.0. The van der Waals surface area contributed by atoms with Crippen LogP contribution in [0, 0.1) is 5.92 Å². The van der Waals surface area contributed by atoms with Crippen LogP contribution < -0.4 is 16.0 Å². The molecule has 41 heavy (non-hydrogen) atoms. The zero-order chi connectivity index (χ0) is 29.3. The molecule has 1 saturated heterocycles. The minimum absolute atomic E-state index is 0. The van der Waals surface area contributed by atoms with Gasteiger partial charge in [-0.05, 0) is 62.4 Å². The van der Waals surface area contributed by atoms with Crippen LogP contribution in [-0.2, 0) is 25.5 Å². The predicted octanol–water partition coefficient (Wildman–Crippen LogP) is 2.82. The van der Waals surface area contributed by atoms with Gasteiger partial charge in [0.1, 0.15) is 17.7 Å². The maximum absolute atomic E-state index is 13.5. The number of rotatable bonds is 14. The highest BCUT2D eigenvalue weighted by Crippen LogP contribution is 2.24. The molecule has 4 N–H and O–H groups in total. The molecule has 9 nitrogen and oxygen atoms in total. The molecule has 1 aliphatic rings. The summed E-state index contributed by atoms with van der Waals surface area (Å²) in [4.78, 5) is 41.7. The number of ether oxygens (including phenoxy) is 1. The summed E-state index contributed by atoms with van der Waals surface area (Å²) < 4.78 is 5.64. The summed E-state index contributed by atoms with van der Waals surface area (Å²) >= 11 is 0. The largest absolute Gasteiger partial charge is 0.390 e. The molecule has 0 aliphatic carbocycles. The molecular formula is C31H47ClN4O5. The third-order valence-electron chi connectivity index (χ3n) is 7.17. The van der Waals surface area contributed by atoms with Crippen LogP contribution >= 0.6 is 12.4 Å². The topological polar surface area (TPSA) is 120 Å². The van der Waals surface area contributed by atoms with E-state index in [1.54, 1.807) is 18.7 Å². The molecule has 1 heterocycles. The van der Waals surface area contributed by atoms with Crippen LogP contribution in [0.2, 0.25) is 0 Å². The van der Waals surface area contributed by atoms with Crippen LogP contribution in [0.1, 0.15) is 53.0 Å². The van der Waals surface area contributed by atoms with Gasteiger partial charge in [0.25, 0.3) is 5.91 Å². The number of fused-ring (bicyclic) bond motifs is 1. The van der Waals surface area contributed by atoms with Gasteiger partial charge >= 0.3 is 0 Å². The standard InChI is InChI=1S/C31H46N4O5.ClH/c1-6-40-31(4,5)30(39)35-15-9-12-27(35)29(38)34-26(28(37)33-20-25(36)19-32-18-21(2)3)17-22-13-14-23-10-7-8-11-24(23)16-22;/h7-8,10-11,13-14,16,21,25-27,32,36H,6,9,12,15,17-20H2,1-5H3,(H,33,37)(H,34,38);1H/t25?,26-,27+;/m1./s1. The van der Waals surface area contributed by atoms with Crippen LogP contribution in [0.4, 0.5) is 0 Å². The zero-order valence-electron chi connectivity index (χ0n) is 24.9. The molecule has 228 valence electrons. The average molecular weight is 591 g/mol. The molecule has 2 aromatic rings. The Hall–Kier alpha value is -2.72. The van der Waals surface area contributed by atoms with Gasteiger partial charge in [-0.15, -0.1) is 12.4 Å². The number of nitrogens with zero attached hydrogens (tertiary/aromatic N) is 1. The third kappa shape index (κ3) is 9.95. The summed E-state index contributed by atoms with van der Waals surface area (Å²) in [7, 11) is 0. The molecular weight excluding hydrogens is 544 g/mol. The van der Waals surface area contributed by atoms with Gasteiger partial charge in [-0.1, -0.05) is 56.3 Å². The fourth-order valence-electron chi connectivity index (χ4n) is 5.08. The normalized spacial score (nSPS) is 16.8. The van der Waals surface area contributed by atoms with E-state index in [2.05, 4.69) is 29.8 Å². The lowest BCUT2D eigenvalue weighted by Crippen LogP contribution is -2.57. The van der Waals surface area contributed by atoms with Crippen molar-refractivity contribution < 1.29 is 24.2 Å².